The Labute approximate surface area is 222 Å². The van der Waals surface area contributed by atoms with E-state index in [-0.39, 0.29) is 39.5 Å². The van der Waals surface area contributed by atoms with E-state index in [2.05, 4.69) is 17.4 Å². The number of sulfone groups is 1. The van der Waals surface area contributed by atoms with Crippen LogP contribution in [0.2, 0.25) is 0 Å². The average Bonchev–Trinajstić information content (AvgIpc) is 3.01. The van der Waals surface area contributed by atoms with Crippen LogP contribution in [0, 0.1) is 0 Å². The molecule has 6 nitrogen and oxygen atoms in total. The molecule has 38 heavy (non-hydrogen) atoms. The summed E-state index contributed by atoms with van der Waals surface area (Å²) >= 11 is 0. The first-order valence-electron chi connectivity index (χ1n) is 12.5. The van der Waals surface area contributed by atoms with Crippen molar-refractivity contribution in [1.82, 2.24) is 5.32 Å². The fourth-order valence-corrected chi connectivity index (χ4v) is 6.31. The molecule has 0 aliphatic carbocycles. The van der Waals surface area contributed by atoms with E-state index in [0.29, 0.717) is 5.56 Å². The molecule has 0 radical (unpaired) electrons. The van der Waals surface area contributed by atoms with Crippen molar-refractivity contribution in [3.8, 4) is 0 Å². The number of carbonyl (C=O) groups is 2. The predicted octanol–water partition coefficient (Wildman–Crippen LogP) is 5.43. The van der Waals surface area contributed by atoms with Crippen molar-refractivity contribution in [3.05, 3.63) is 125 Å². The molecule has 1 aliphatic rings. The Morgan fingerprint density at radius 2 is 1.45 bits per heavy atom. The third-order valence-electron chi connectivity index (χ3n) is 6.72. The van der Waals surface area contributed by atoms with Crippen molar-refractivity contribution in [3.63, 3.8) is 0 Å². The summed E-state index contributed by atoms with van der Waals surface area (Å²) in [4.78, 5) is 28.3. The van der Waals surface area contributed by atoms with Crippen LogP contribution >= 0.6 is 0 Å². The Bertz CT molecular complexity index is 1580. The first-order valence-corrected chi connectivity index (χ1v) is 14.0. The summed E-state index contributed by atoms with van der Waals surface area (Å²) in [6.07, 6.45) is 1.57. The van der Waals surface area contributed by atoms with Gasteiger partial charge in [0, 0.05) is 11.6 Å². The standard InChI is InChI=1S/C31H28N2O4S/c1-22(16-17-23-10-4-2-5-11-23)32-30(34)25-18-19-29-27(20-25)33(21-24-12-6-3-7-13-24)31(35)26-14-8-9-15-28(26)38(29,36)37/h2-15,18-20,22H,16-17,21H2,1H3,(H,32,34). The Balaban J connectivity index is 1.49. The van der Waals surface area contributed by atoms with E-state index in [9.17, 15) is 18.0 Å². The molecule has 4 aromatic rings. The molecule has 1 unspecified atom stereocenters. The highest BCUT2D eigenvalue weighted by molar-refractivity contribution is 7.91. The number of hydrogen-bond donors (Lipinski definition) is 1. The van der Waals surface area contributed by atoms with Crippen LogP contribution in [-0.4, -0.2) is 26.3 Å². The summed E-state index contributed by atoms with van der Waals surface area (Å²) in [5.74, 6) is -0.750. The van der Waals surface area contributed by atoms with Gasteiger partial charge >= 0.3 is 0 Å². The Hall–Kier alpha value is -4.23. The molecule has 0 spiro atoms. The van der Waals surface area contributed by atoms with E-state index in [4.69, 9.17) is 0 Å². The van der Waals surface area contributed by atoms with E-state index in [1.165, 1.54) is 40.8 Å². The SMILES string of the molecule is CC(CCc1ccccc1)NC(=O)c1ccc2c(c1)N(Cc1ccccc1)C(=O)c1ccccc1S2(=O)=O. The third-order valence-corrected chi connectivity index (χ3v) is 8.58. The zero-order chi connectivity index (χ0) is 26.7. The van der Waals surface area contributed by atoms with Gasteiger partial charge in [-0.15, -0.1) is 0 Å². The quantitative estimate of drug-likeness (QED) is 0.349. The molecule has 1 aliphatic heterocycles. The van der Waals surface area contributed by atoms with Gasteiger partial charge < -0.3 is 10.2 Å². The number of nitrogens with zero attached hydrogens (tertiary/aromatic N) is 1. The van der Waals surface area contributed by atoms with Crippen LogP contribution in [0.1, 0.15) is 45.2 Å². The van der Waals surface area contributed by atoms with Gasteiger partial charge in [-0.3, -0.25) is 9.59 Å². The number of amides is 2. The van der Waals surface area contributed by atoms with Gasteiger partial charge in [0.15, 0.2) is 0 Å². The number of hydrogen-bond acceptors (Lipinski definition) is 4. The molecule has 7 heteroatoms. The second-order valence-electron chi connectivity index (χ2n) is 9.46. The van der Waals surface area contributed by atoms with Gasteiger partial charge in [0.2, 0.25) is 9.84 Å². The predicted molar refractivity (Wildman–Crippen MR) is 147 cm³/mol. The van der Waals surface area contributed by atoms with Gasteiger partial charge in [0.25, 0.3) is 11.8 Å². The Kier molecular flexibility index (Phi) is 7.11. The molecule has 0 bridgehead atoms. The summed E-state index contributed by atoms with van der Waals surface area (Å²) in [5, 5.41) is 3.01. The van der Waals surface area contributed by atoms with E-state index in [1.54, 1.807) is 12.1 Å². The molecular weight excluding hydrogens is 496 g/mol. The maximum atomic E-state index is 13.7. The number of aryl methyl sites for hydroxylation is 1. The zero-order valence-electron chi connectivity index (χ0n) is 21.0. The molecule has 1 N–H and O–H groups in total. The maximum absolute atomic E-state index is 13.7. The summed E-state index contributed by atoms with van der Waals surface area (Å²) in [7, 11) is -3.99. The minimum absolute atomic E-state index is 0.000377. The van der Waals surface area contributed by atoms with E-state index >= 15 is 0 Å². The van der Waals surface area contributed by atoms with Crippen molar-refractivity contribution in [1.29, 1.82) is 0 Å². The van der Waals surface area contributed by atoms with E-state index < -0.39 is 15.7 Å². The molecule has 1 atom stereocenters. The van der Waals surface area contributed by atoms with Crippen LogP contribution in [0.15, 0.2) is 113 Å². The summed E-state index contributed by atoms with van der Waals surface area (Å²) < 4.78 is 27.3. The van der Waals surface area contributed by atoms with Crippen molar-refractivity contribution in [2.45, 2.75) is 42.1 Å². The van der Waals surface area contributed by atoms with Gasteiger partial charge in [-0.2, -0.15) is 0 Å². The Morgan fingerprint density at radius 1 is 0.816 bits per heavy atom. The smallest absolute Gasteiger partial charge is 0.259 e. The molecule has 2 amide bonds. The molecule has 0 saturated carbocycles. The number of nitrogens with one attached hydrogen (secondary N) is 1. The van der Waals surface area contributed by atoms with Crippen molar-refractivity contribution < 1.29 is 18.0 Å². The topological polar surface area (TPSA) is 83.6 Å². The highest BCUT2D eigenvalue weighted by Gasteiger charge is 2.36. The van der Waals surface area contributed by atoms with Crippen LogP contribution < -0.4 is 10.2 Å². The zero-order valence-corrected chi connectivity index (χ0v) is 21.8. The summed E-state index contributed by atoms with van der Waals surface area (Å²) in [6.45, 7) is 2.10. The van der Waals surface area contributed by atoms with Crippen molar-refractivity contribution in [2.75, 3.05) is 4.90 Å². The summed E-state index contributed by atoms with van der Waals surface area (Å²) in [6, 6.07) is 30.0. The lowest BCUT2D eigenvalue weighted by Gasteiger charge is -2.24. The lowest BCUT2D eigenvalue weighted by Crippen LogP contribution is -2.33. The number of rotatable bonds is 7. The average molecular weight is 525 g/mol. The number of fused-ring (bicyclic) bond motifs is 2. The van der Waals surface area contributed by atoms with E-state index in [1.807, 2.05) is 55.5 Å². The second kappa shape index (κ2) is 10.6. The monoisotopic (exact) mass is 524 g/mol. The fourth-order valence-electron chi connectivity index (χ4n) is 4.68. The highest BCUT2D eigenvalue weighted by Crippen LogP contribution is 2.38. The molecule has 0 saturated heterocycles. The van der Waals surface area contributed by atoms with Crippen LogP contribution in [-0.2, 0) is 22.8 Å². The van der Waals surface area contributed by atoms with Crippen LogP contribution in [0.4, 0.5) is 5.69 Å². The summed E-state index contributed by atoms with van der Waals surface area (Å²) in [5.41, 5.74) is 2.63. The van der Waals surface area contributed by atoms with E-state index in [0.717, 1.165) is 18.4 Å². The van der Waals surface area contributed by atoms with Crippen LogP contribution in [0.25, 0.3) is 0 Å². The van der Waals surface area contributed by atoms with Gasteiger partial charge in [0.1, 0.15) is 0 Å². The Morgan fingerprint density at radius 3 is 2.16 bits per heavy atom. The molecule has 0 fully saturated rings. The lowest BCUT2D eigenvalue weighted by atomic mass is 10.1. The second-order valence-corrected chi connectivity index (χ2v) is 11.3. The molecule has 4 aromatic carbocycles. The minimum atomic E-state index is -3.99. The minimum Gasteiger partial charge on any atom is -0.350 e. The number of carbonyl (C=O) groups excluding carboxylic acids is 2. The van der Waals surface area contributed by atoms with Crippen LogP contribution in [0.3, 0.4) is 0 Å². The molecule has 1 heterocycles. The molecule has 0 aromatic heterocycles. The highest BCUT2D eigenvalue weighted by atomic mass is 32.2. The van der Waals surface area contributed by atoms with Crippen molar-refractivity contribution >= 4 is 27.3 Å². The lowest BCUT2D eigenvalue weighted by molar-refractivity contribution is 0.0935. The van der Waals surface area contributed by atoms with Gasteiger partial charge in [-0.1, -0.05) is 72.8 Å². The van der Waals surface area contributed by atoms with Crippen molar-refractivity contribution in [2.24, 2.45) is 0 Å². The molecule has 5 rings (SSSR count). The first-order chi connectivity index (χ1) is 18.3. The largest absolute Gasteiger partial charge is 0.350 e. The number of anilines is 1. The fraction of sp³-hybridized carbons (Fsp3) is 0.161. The number of benzene rings is 4. The van der Waals surface area contributed by atoms with Gasteiger partial charge in [-0.25, -0.2) is 8.42 Å². The van der Waals surface area contributed by atoms with Gasteiger partial charge in [0.05, 0.1) is 27.6 Å². The first kappa shape index (κ1) is 25.4. The van der Waals surface area contributed by atoms with Crippen LogP contribution in [0.5, 0.6) is 0 Å². The normalized spacial score (nSPS) is 14.7. The molecular formula is C31H28N2O4S. The molecule has 192 valence electrons. The third kappa shape index (κ3) is 5.10. The van der Waals surface area contributed by atoms with Gasteiger partial charge in [-0.05, 0) is 61.2 Å². The maximum Gasteiger partial charge on any atom is 0.259 e.